The summed E-state index contributed by atoms with van der Waals surface area (Å²) in [6, 6.07) is 16.4. The number of rotatable bonds is 40. The van der Waals surface area contributed by atoms with Gasteiger partial charge in [-0.15, -0.1) is 47.0 Å². The minimum atomic E-state index is -0.528. The molecule has 0 aromatic heterocycles. The average molecular weight is 1400 g/mol. The second kappa shape index (κ2) is 39.9. The molecule has 2 atom stereocenters. The molecule has 26 heteroatoms. The molecule has 0 unspecified atom stereocenters. The average Bonchev–Trinajstić information content (AvgIpc) is 1.34. The number of methoxy groups -OCH3 is 4. The van der Waals surface area contributed by atoms with E-state index in [2.05, 4.69) is 27.7 Å². The molecule has 3 fully saturated rings. The summed E-state index contributed by atoms with van der Waals surface area (Å²) in [6.07, 6.45) is 16.1. The summed E-state index contributed by atoms with van der Waals surface area (Å²) in [6.45, 7) is 12.5. The molecule has 524 valence electrons. The molecule has 3 saturated heterocycles. The Balaban J connectivity index is 0.773. The molecule has 4 aromatic carbocycles. The Morgan fingerprint density at radius 3 is 1.09 bits per heavy atom. The molecule has 3 aliphatic rings. The number of amides is 4. The highest BCUT2D eigenvalue weighted by molar-refractivity contribution is 8.17. The summed E-state index contributed by atoms with van der Waals surface area (Å²) in [5.74, 6) is 5.81. The van der Waals surface area contributed by atoms with Crippen LogP contribution in [0, 0.1) is 20.2 Å². The first kappa shape index (κ1) is 76.2. The van der Waals surface area contributed by atoms with Crippen LogP contribution in [0.2, 0.25) is 0 Å². The Hall–Kier alpha value is -7.16. The third kappa shape index (κ3) is 21.4. The van der Waals surface area contributed by atoms with Crippen LogP contribution >= 0.6 is 47.0 Å². The SMILES string of the molecule is CCSC(SCC)[C@@H]1CCCN1C(=O)c1cc(OC)c(OCCCCCCOc2ccc(/C=C/C(=O)N3CCN(C(=O)/C=C/c4ccc(OCCCCCCOc5cc([N+](=O)[O-])c(C(=O)N6CCC[C@H]6C(SCC)SCC)cc5OC)c(OC)c4)CC3)cc2OC)cc1[N+](=O)[O-]. The quantitative estimate of drug-likeness (QED) is 0.0132. The van der Waals surface area contributed by atoms with E-state index in [1.165, 1.54) is 50.6 Å². The zero-order chi connectivity index (χ0) is 68.9. The zero-order valence-corrected chi connectivity index (χ0v) is 59.9. The van der Waals surface area contributed by atoms with Gasteiger partial charge in [-0.25, -0.2) is 0 Å². The van der Waals surface area contributed by atoms with Crippen LogP contribution in [0.15, 0.2) is 72.8 Å². The van der Waals surface area contributed by atoms with Crippen LogP contribution in [0.3, 0.4) is 0 Å². The number of nitro groups is 2. The van der Waals surface area contributed by atoms with E-state index in [0.717, 1.165) is 98.3 Å². The summed E-state index contributed by atoms with van der Waals surface area (Å²) < 4.78 is 47.0. The minimum absolute atomic E-state index is 0.00430. The van der Waals surface area contributed by atoms with Crippen molar-refractivity contribution in [2.45, 2.75) is 126 Å². The number of unbranched alkanes of at least 4 members (excludes halogenated alkanes) is 6. The number of hydrogen-bond donors (Lipinski definition) is 0. The number of carbonyl (C=O) groups is 4. The van der Waals surface area contributed by atoms with Gasteiger partial charge in [0, 0.05) is 63.6 Å². The van der Waals surface area contributed by atoms with Gasteiger partial charge in [0.15, 0.2) is 46.0 Å². The summed E-state index contributed by atoms with van der Waals surface area (Å²) >= 11 is 7.24. The van der Waals surface area contributed by atoms with Gasteiger partial charge in [0.05, 0.1) is 98.1 Å². The molecule has 0 spiro atoms. The third-order valence-corrected chi connectivity index (χ3v) is 22.3. The predicted octanol–water partition coefficient (Wildman–Crippen LogP) is 13.8. The van der Waals surface area contributed by atoms with Gasteiger partial charge in [-0.1, -0.05) is 39.8 Å². The number of piperazine rings is 1. The summed E-state index contributed by atoms with van der Waals surface area (Å²) in [5.41, 5.74) is 0.919. The molecule has 0 bridgehead atoms. The number of nitrogens with zero attached hydrogens (tertiary/aromatic N) is 6. The maximum atomic E-state index is 13.9. The highest BCUT2D eigenvalue weighted by atomic mass is 32.2. The smallest absolute Gasteiger partial charge is 0.286 e. The van der Waals surface area contributed by atoms with Crippen molar-refractivity contribution in [2.75, 3.05) is 117 Å². The van der Waals surface area contributed by atoms with Crippen LogP contribution in [-0.2, 0) is 9.59 Å². The lowest BCUT2D eigenvalue weighted by Gasteiger charge is -2.33. The van der Waals surface area contributed by atoms with Gasteiger partial charge in [-0.3, -0.25) is 39.4 Å². The van der Waals surface area contributed by atoms with Crippen LogP contribution in [-0.4, -0.2) is 191 Å². The lowest BCUT2D eigenvalue weighted by atomic mass is 10.1. The highest BCUT2D eigenvalue weighted by Gasteiger charge is 2.40. The van der Waals surface area contributed by atoms with Crippen molar-refractivity contribution in [3.8, 4) is 46.0 Å². The Morgan fingerprint density at radius 1 is 0.458 bits per heavy atom. The van der Waals surface area contributed by atoms with Crippen molar-refractivity contribution < 1.29 is 66.9 Å². The molecule has 96 heavy (non-hydrogen) atoms. The first-order valence-electron chi connectivity index (χ1n) is 33.2. The first-order valence-corrected chi connectivity index (χ1v) is 37.4. The first-order chi connectivity index (χ1) is 46.6. The fourth-order valence-electron chi connectivity index (χ4n) is 11.8. The van der Waals surface area contributed by atoms with E-state index < -0.39 is 9.85 Å². The lowest BCUT2D eigenvalue weighted by molar-refractivity contribution is -0.385. The molecule has 0 aliphatic carbocycles. The van der Waals surface area contributed by atoms with Crippen LogP contribution < -0.4 is 37.9 Å². The van der Waals surface area contributed by atoms with Crippen molar-refractivity contribution in [3.05, 3.63) is 115 Å². The van der Waals surface area contributed by atoms with E-state index in [1.807, 2.05) is 83.4 Å². The molecule has 0 radical (unpaired) electrons. The van der Waals surface area contributed by atoms with E-state index in [1.54, 1.807) is 46.0 Å². The van der Waals surface area contributed by atoms with Gasteiger partial charge in [0.1, 0.15) is 11.1 Å². The molecular formula is C70H94N6O16S4. The van der Waals surface area contributed by atoms with Crippen molar-refractivity contribution in [3.63, 3.8) is 0 Å². The van der Waals surface area contributed by atoms with Gasteiger partial charge >= 0.3 is 0 Å². The fourth-order valence-corrected chi connectivity index (χ4v) is 17.5. The molecule has 22 nitrogen and oxygen atoms in total. The van der Waals surface area contributed by atoms with Crippen LogP contribution in [0.25, 0.3) is 12.2 Å². The second-order valence-electron chi connectivity index (χ2n) is 22.9. The lowest BCUT2D eigenvalue weighted by Crippen LogP contribution is -2.49. The summed E-state index contributed by atoms with van der Waals surface area (Å²) in [5, 5.41) is 24.6. The summed E-state index contributed by atoms with van der Waals surface area (Å²) in [4.78, 5) is 85.0. The van der Waals surface area contributed by atoms with Crippen molar-refractivity contribution in [1.82, 2.24) is 19.6 Å². The Bertz CT molecular complexity index is 3070. The number of nitro benzene ring substituents is 2. The van der Waals surface area contributed by atoms with Gasteiger partial charge in [0.2, 0.25) is 11.8 Å². The van der Waals surface area contributed by atoms with Crippen molar-refractivity contribution in [2.24, 2.45) is 0 Å². The highest BCUT2D eigenvalue weighted by Crippen LogP contribution is 2.42. The van der Waals surface area contributed by atoms with E-state index in [0.29, 0.717) is 102 Å². The van der Waals surface area contributed by atoms with E-state index in [-0.39, 0.29) is 90.4 Å². The Kier molecular flexibility index (Phi) is 31.7. The number of hydrogen-bond acceptors (Lipinski definition) is 20. The third-order valence-electron chi connectivity index (χ3n) is 16.7. The summed E-state index contributed by atoms with van der Waals surface area (Å²) in [7, 11) is 6.04. The molecule has 3 heterocycles. The van der Waals surface area contributed by atoms with E-state index in [9.17, 15) is 39.4 Å². The second-order valence-corrected chi connectivity index (χ2v) is 29.2. The number of likely N-dealkylation sites (tertiary alicyclic amines) is 2. The standard InChI is InChI=1S/C70H94N6O16S4/c1-9-93-69(94-10-2)53-23-21-33-73(53)67(79)51-45-61(87-7)63(47-55(51)75(81)82)91-41-19-15-13-17-39-89-57-29-25-49(43-59(57)85-5)27-31-65(77)71-35-37-72(38-36-71)66(78)32-28-50-26-30-58(60(44-50)86-6)90-40-18-14-16-20-42-92-64-48-56(76(83)84)52(46-62(64)88-8)68(80)74-34-22-24-54(74)70(95-11-3)96-12-4/h25-32,43-48,53-54,69-70H,9-24,33-42H2,1-8H3/b31-27+,32-28+/t53-,54-/m0/s1. The van der Waals surface area contributed by atoms with Gasteiger partial charge in [0.25, 0.3) is 23.2 Å². The molecule has 4 aromatic rings. The van der Waals surface area contributed by atoms with Crippen LogP contribution in [0.4, 0.5) is 11.4 Å². The topological polar surface area (TPSA) is 241 Å². The van der Waals surface area contributed by atoms with Crippen LogP contribution in [0.1, 0.15) is 137 Å². The molecule has 4 amide bonds. The molecular weight excluding hydrogens is 1310 g/mol. The number of thioether (sulfide) groups is 4. The predicted molar refractivity (Wildman–Crippen MR) is 384 cm³/mol. The number of benzene rings is 4. The number of carbonyl (C=O) groups excluding carboxylic acids is 4. The molecule has 7 rings (SSSR count). The zero-order valence-electron chi connectivity index (χ0n) is 56.6. The van der Waals surface area contributed by atoms with Gasteiger partial charge in [-0.05, 0) is 148 Å². The fraction of sp³-hybridized carbons (Fsp3) is 0.543. The van der Waals surface area contributed by atoms with Gasteiger partial charge < -0.3 is 57.5 Å². The van der Waals surface area contributed by atoms with E-state index in [4.69, 9.17) is 37.9 Å². The molecule has 3 aliphatic heterocycles. The number of ether oxygens (including phenoxy) is 8. The van der Waals surface area contributed by atoms with E-state index >= 15 is 0 Å². The monoisotopic (exact) mass is 1400 g/mol. The Morgan fingerprint density at radius 2 is 0.781 bits per heavy atom. The van der Waals surface area contributed by atoms with Crippen LogP contribution in [0.5, 0.6) is 46.0 Å². The van der Waals surface area contributed by atoms with Crippen molar-refractivity contribution >= 4 is 94.2 Å². The normalized spacial score (nSPS) is 15.6. The van der Waals surface area contributed by atoms with Crippen molar-refractivity contribution in [1.29, 1.82) is 0 Å². The van der Waals surface area contributed by atoms with Gasteiger partial charge in [-0.2, -0.15) is 0 Å². The maximum Gasteiger partial charge on any atom is 0.286 e. The largest absolute Gasteiger partial charge is 0.493 e. The minimum Gasteiger partial charge on any atom is -0.493 e. The maximum absolute atomic E-state index is 13.9. The molecule has 0 N–H and O–H groups in total. The Labute approximate surface area is 581 Å². The molecule has 0 saturated carbocycles.